The van der Waals surface area contributed by atoms with E-state index in [2.05, 4.69) is 82.6 Å². The van der Waals surface area contributed by atoms with Crippen LogP contribution in [0.2, 0.25) is 0 Å². The lowest BCUT2D eigenvalue weighted by Gasteiger charge is -2.28. The average molecular weight is 533 g/mol. The van der Waals surface area contributed by atoms with Crippen molar-refractivity contribution >= 4 is 34.1 Å². The van der Waals surface area contributed by atoms with Gasteiger partial charge in [-0.15, -0.1) is 0 Å². The molecule has 0 saturated heterocycles. The summed E-state index contributed by atoms with van der Waals surface area (Å²) in [6, 6.07) is 40.7. The Morgan fingerprint density at radius 3 is 0.575 bits per heavy atom. The highest BCUT2D eigenvalue weighted by Gasteiger charge is 2.16. The molecule has 0 spiro atoms. The number of methoxy groups -OCH3 is 4. The Balaban J connectivity index is 1.56. The van der Waals surface area contributed by atoms with Gasteiger partial charge in [-0.25, -0.2) is 0 Å². The van der Waals surface area contributed by atoms with Crippen LogP contribution >= 0.6 is 0 Å². The second-order valence-electron chi connectivity index (χ2n) is 8.98. The summed E-state index contributed by atoms with van der Waals surface area (Å²) in [5.74, 6) is 3.23. The number of anilines is 6. The van der Waals surface area contributed by atoms with Crippen molar-refractivity contribution in [2.45, 2.75) is 0 Å². The van der Waals surface area contributed by atoms with Crippen LogP contribution in [0.1, 0.15) is 0 Å². The number of hydrogen-bond donors (Lipinski definition) is 0. The van der Waals surface area contributed by atoms with Crippen LogP contribution in [-0.4, -0.2) is 28.4 Å². The van der Waals surface area contributed by atoms with Crippen LogP contribution in [0, 0.1) is 0 Å². The second-order valence-corrected chi connectivity index (χ2v) is 8.98. The highest BCUT2D eigenvalue weighted by atomic mass is 16.5. The van der Waals surface area contributed by atoms with E-state index in [0.717, 1.165) is 57.1 Å². The minimum atomic E-state index is 0.809. The van der Waals surface area contributed by atoms with Crippen LogP contribution in [0.5, 0.6) is 23.0 Å². The molecule has 0 radical (unpaired) electrons. The summed E-state index contributed by atoms with van der Waals surface area (Å²) in [7, 11) is 6.69. The van der Waals surface area contributed by atoms with Crippen molar-refractivity contribution in [3.05, 3.63) is 121 Å². The lowest BCUT2D eigenvalue weighted by atomic mass is 10.1. The maximum Gasteiger partial charge on any atom is 0.119 e. The first-order valence-electron chi connectivity index (χ1n) is 12.9. The molecular weight excluding hydrogens is 500 g/mol. The molecule has 0 atom stereocenters. The zero-order valence-electron chi connectivity index (χ0n) is 23.1. The topological polar surface area (TPSA) is 43.4 Å². The van der Waals surface area contributed by atoms with E-state index in [1.54, 1.807) is 28.4 Å². The third-order valence-corrected chi connectivity index (χ3v) is 6.69. The Bertz CT molecular complexity index is 1290. The first-order chi connectivity index (χ1) is 19.6. The van der Waals surface area contributed by atoms with E-state index < -0.39 is 0 Å². The van der Waals surface area contributed by atoms with Gasteiger partial charge in [-0.05, 0) is 121 Å². The van der Waals surface area contributed by atoms with E-state index in [0.29, 0.717) is 0 Å². The number of benzene rings is 5. The van der Waals surface area contributed by atoms with E-state index in [1.807, 2.05) is 48.5 Å². The van der Waals surface area contributed by atoms with Gasteiger partial charge in [-0.3, -0.25) is 0 Å². The zero-order valence-corrected chi connectivity index (χ0v) is 23.1. The molecule has 0 aliphatic heterocycles. The third kappa shape index (κ3) is 5.66. The highest BCUT2D eigenvalue weighted by Crippen LogP contribution is 2.40. The summed E-state index contributed by atoms with van der Waals surface area (Å²) in [6.45, 7) is 0. The molecule has 0 saturated carbocycles. The van der Waals surface area contributed by atoms with Crippen molar-refractivity contribution < 1.29 is 18.9 Å². The molecule has 0 aromatic heterocycles. The molecule has 0 aliphatic carbocycles. The molecule has 5 rings (SSSR count). The van der Waals surface area contributed by atoms with Gasteiger partial charge in [0.2, 0.25) is 0 Å². The van der Waals surface area contributed by atoms with Gasteiger partial charge in [0.25, 0.3) is 0 Å². The van der Waals surface area contributed by atoms with Gasteiger partial charge in [-0.2, -0.15) is 0 Å². The van der Waals surface area contributed by atoms with Crippen LogP contribution in [0.15, 0.2) is 121 Å². The molecule has 0 fully saturated rings. The second kappa shape index (κ2) is 12.2. The van der Waals surface area contributed by atoms with E-state index in [-0.39, 0.29) is 0 Å². The summed E-state index contributed by atoms with van der Waals surface area (Å²) in [6.07, 6.45) is 0. The van der Waals surface area contributed by atoms with Crippen molar-refractivity contribution in [2.75, 3.05) is 38.2 Å². The molecule has 5 aromatic rings. The molecule has 5 aromatic carbocycles. The molecule has 0 amide bonds. The number of hydrogen-bond acceptors (Lipinski definition) is 6. The molecule has 6 heteroatoms. The summed E-state index contributed by atoms with van der Waals surface area (Å²) in [5, 5.41) is 0. The Hall–Kier alpha value is -5.10. The maximum atomic E-state index is 5.39. The maximum absolute atomic E-state index is 5.39. The van der Waals surface area contributed by atoms with Gasteiger partial charge in [0.1, 0.15) is 23.0 Å². The molecule has 0 aliphatic rings. The van der Waals surface area contributed by atoms with Gasteiger partial charge >= 0.3 is 0 Å². The SMILES string of the molecule is COc1ccc(N(c2ccc(OC)cc2)c2ccc(N(c3ccc(OC)cc3)c3ccc(OC)cc3)cc2)cc1. The smallest absolute Gasteiger partial charge is 0.119 e. The summed E-state index contributed by atoms with van der Waals surface area (Å²) >= 11 is 0. The fourth-order valence-electron chi connectivity index (χ4n) is 4.57. The van der Waals surface area contributed by atoms with Gasteiger partial charge in [0.05, 0.1) is 28.4 Å². The van der Waals surface area contributed by atoms with Gasteiger partial charge in [0, 0.05) is 34.1 Å². The van der Waals surface area contributed by atoms with Crippen LogP contribution in [0.4, 0.5) is 34.1 Å². The van der Waals surface area contributed by atoms with Crippen molar-refractivity contribution in [2.24, 2.45) is 0 Å². The first-order valence-corrected chi connectivity index (χ1v) is 12.9. The summed E-state index contributed by atoms with van der Waals surface area (Å²) in [5.41, 5.74) is 6.09. The molecule has 0 heterocycles. The number of ether oxygens (including phenoxy) is 4. The fraction of sp³-hybridized carbons (Fsp3) is 0.118. The zero-order chi connectivity index (χ0) is 27.9. The molecule has 6 nitrogen and oxygen atoms in total. The standard InChI is InChI=1S/C34H32N2O4/c1-37-31-17-9-27(10-18-31)35(28-11-19-32(38-2)20-12-28)25-5-7-26(8-6-25)36(29-13-21-33(39-3)22-14-29)30-15-23-34(40-4)24-16-30/h5-24H,1-4H3. The minimum Gasteiger partial charge on any atom is -0.497 e. The average Bonchev–Trinajstić information content (AvgIpc) is 3.03. The van der Waals surface area contributed by atoms with Crippen LogP contribution in [0.25, 0.3) is 0 Å². The largest absolute Gasteiger partial charge is 0.497 e. The summed E-state index contributed by atoms with van der Waals surface area (Å²) < 4.78 is 21.6. The van der Waals surface area contributed by atoms with Gasteiger partial charge < -0.3 is 28.7 Å². The molecule has 0 bridgehead atoms. The van der Waals surface area contributed by atoms with E-state index >= 15 is 0 Å². The summed E-state index contributed by atoms with van der Waals surface area (Å²) in [4.78, 5) is 4.40. The Kier molecular flexibility index (Phi) is 8.07. The minimum absolute atomic E-state index is 0.809. The lowest BCUT2D eigenvalue weighted by Crippen LogP contribution is -2.12. The van der Waals surface area contributed by atoms with Crippen molar-refractivity contribution in [3.63, 3.8) is 0 Å². The Morgan fingerprint density at radius 1 is 0.275 bits per heavy atom. The van der Waals surface area contributed by atoms with E-state index in [4.69, 9.17) is 18.9 Å². The van der Waals surface area contributed by atoms with Crippen LogP contribution < -0.4 is 28.7 Å². The molecular formula is C34H32N2O4. The number of rotatable bonds is 10. The lowest BCUT2D eigenvalue weighted by molar-refractivity contribution is 0.414. The first kappa shape index (κ1) is 26.5. The molecule has 202 valence electrons. The van der Waals surface area contributed by atoms with Crippen molar-refractivity contribution in [3.8, 4) is 23.0 Å². The quantitative estimate of drug-likeness (QED) is 0.179. The van der Waals surface area contributed by atoms with Gasteiger partial charge in [-0.1, -0.05) is 0 Å². The Morgan fingerprint density at radius 2 is 0.425 bits per heavy atom. The van der Waals surface area contributed by atoms with Crippen LogP contribution in [-0.2, 0) is 0 Å². The van der Waals surface area contributed by atoms with E-state index in [9.17, 15) is 0 Å². The third-order valence-electron chi connectivity index (χ3n) is 6.69. The predicted molar refractivity (Wildman–Crippen MR) is 162 cm³/mol. The molecule has 0 unspecified atom stereocenters. The predicted octanol–water partition coefficient (Wildman–Crippen LogP) is 8.66. The fourth-order valence-corrected chi connectivity index (χ4v) is 4.57. The molecule has 0 N–H and O–H groups in total. The van der Waals surface area contributed by atoms with Crippen molar-refractivity contribution in [1.29, 1.82) is 0 Å². The number of nitrogens with zero attached hydrogens (tertiary/aromatic N) is 2. The molecule has 40 heavy (non-hydrogen) atoms. The Labute approximate surface area is 235 Å². The monoisotopic (exact) mass is 532 g/mol. The van der Waals surface area contributed by atoms with Crippen LogP contribution in [0.3, 0.4) is 0 Å². The highest BCUT2D eigenvalue weighted by molar-refractivity contribution is 5.81. The van der Waals surface area contributed by atoms with Crippen molar-refractivity contribution in [1.82, 2.24) is 0 Å². The normalized spacial score (nSPS) is 10.5. The van der Waals surface area contributed by atoms with Gasteiger partial charge in [0.15, 0.2) is 0 Å². The van der Waals surface area contributed by atoms with E-state index in [1.165, 1.54) is 0 Å².